The van der Waals surface area contributed by atoms with Gasteiger partial charge in [-0.1, -0.05) is 45.1 Å². The topological polar surface area (TPSA) is 78.4 Å². The average Bonchev–Trinajstić information content (AvgIpc) is 2.52. The minimum Gasteiger partial charge on any atom is -0.507 e. The van der Waals surface area contributed by atoms with Gasteiger partial charge in [-0.25, -0.2) is 5.43 Å². The number of rotatable bonds is 6. The number of Topliss-reactive ketones (excluding diaryl/α,β-unsaturated/α-hetero) is 1. The van der Waals surface area contributed by atoms with Gasteiger partial charge in [-0.05, 0) is 36.8 Å². The van der Waals surface area contributed by atoms with E-state index >= 15 is 0 Å². The highest BCUT2D eigenvalue weighted by atomic mass is 16.3. The van der Waals surface area contributed by atoms with E-state index in [-0.39, 0.29) is 40.4 Å². The molecule has 1 aliphatic carbocycles. The van der Waals surface area contributed by atoms with E-state index in [9.17, 15) is 14.7 Å². The highest BCUT2D eigenvalue weighted by Crippen LogP contribution is 2.41. The molecule has 0 unspecified atom stereocenters. The third-order valence-corrected chi connectivity index (χ3v) is 4.89. The van der Waals surface area contributed by atoms with E-state index in [0.717, 1.165) is 6.42 Å². The molecule has 5 nitrogen and oxygen atoms in total. The molecule has 2 rings (SSSR count). The molecule has 0 radical (unpaired) electrons. The quantitative estimate of drug-likeness (QED) is 0.547. The lowest BCUT2D eigenvalue weighted by molar-refractivity contribution is -0.128. The smallest absolute Gasteiger partial charge is 0.269 e. The molecule has 0 fully saturated rings. The maximum atomic E-state index is 12.8. The molecule has 0 spiro atoms. The van der Waals surface area contributed by atoms with Gasteiger partial charge in [-0.3, -0.25) is 15.0 Å². The van der Waals surface area contributed by atoms with Gasteiger partial charge >= 0.3 is 0 Å². The molecular weight excluding hydrogens is 316 g/mol. The summed E-state index contributed by atoms with van der Waals surface area (Å²) < 4.78 is 0. The predicted molar refractivity (Wildman–Crippen MR) is 98.0 cm³/mol. The van der Waals surface area contributed by atoms with Crippen LogP contribution in [0.1, 0.15) is 50.9 Å². The Bertz CT molecular complexity index is 667. The van der Waals surface area contributed by atoms with E-state index < -0.39 is 5.91 Å². The van der Waals surface area contributed by atoms with E-state index in [2.05, 4.69) is 43.8 Å². The van der Waals surface area contributed by atoms with Crippen LogP contribution in [-0.2, 0) is 4.79 Å². The average molecular weight is 344 g/mol. The van der Waals surface area contributed by atoms with E-state index in [1.165, 1.54) is 6.07 Å². The van der Waals surface area contributed by atoms with Crippen LogP contribution in [0.15, 0.2) is 36.4 Å². The highest BCUT2D eigenvalue weighted by Gasteiger charge is 2.39. The van der Waals surface area contributed by atoms with Crippen molar-refractivity contribution in [3.63, 3.8) is 0 Å². The van der Waals surface area contributed by atoms with Gasteiger partial charge in [0.15, 0.2) is 0 Å². The highest BCUT2D eigenvalue weighted by molar-refractivity contribution is 5.96. The summed E-state index contributed by atoms with van der Waals surface area (Å²) in [4.78, 5) is 24.9. The summed E-state index contributed by atoms with van der Waals surface area (Å²) in [5.41, 5.74) is 5.58. The zero-order valence-electron chi connectivity index (χ0n) is 15.4. The van der Waals surface area contributed by atoms with Gasteiger partial charge in [-0.15, -0.1) is 0 Å². The number of nitrogens with one attached hydrogen (secondary N) is 2. The number of hydrazine groups is 1. The minimum atomic E-state index is -0.424. The number of amides is 1. The number of benzene rings is 1. The van der Waals surface area contributed by atoms with Crippen LogP contribution >= 0.6 is 0 Å². The van der Waals surface area contributed by atoms with Gasteiger partial charge < -0.3 is 5.11 Å². The number of aromatic hydroxyl groups is 1. The van der Waals surface area contributed by atoms with Gasteiger partial charge in [0.2, 0.25) is 0 Å². The Morgan fingerprint density at radius 1 is 1.32 bits per heavy atom. The van der Waals surface area contributed by atoms with Crippen LogP contribution in [0.3, 0.4) is 0 Å². The van der Waals surface area contributed by atoms with E-state index in [1.807, 2.05) is 6.92 Å². The van der Waals surface area contributed by atoms with Gasteiger partial charge in [0.1, 0.15) is 11.5 Å². The van der Waals surface area contributed by atoms with Crippen LogP contribution in [-0.4, -0.2) is 22.8 Å². The first kappa shape index (κ1) is 19.2. The molecule has 0 aliphatic heterocycles. The number of phenolic OH excluding ortho intramolecular Hbond substituents is 1. The number of para-hydroxylation sites is 1. The van der Waals surface area contributed by atoms with E-state index in [1.54, 1.807) is 18.2 Å². The van der Waals surface area contributed by atoms with Gasteiger partial charge in [0.05, 0.1) is 5.56 Å². The zero-order chi connectivity index (χ0) is 18.6. The molecular formula is C20H28N2O3. The van der Waals surface area contributed by atoms with Crippen molar-refractivity contribution in [2.75, 3.05) is 0 Å². The Hall–Kier alpha value is -2.14. The van der Waals surface area contributed by atoms with Crippen LogP contribution in [0.4, 0.5) is 0 Å². The fraction of sp³-hybridized carbons (Fsp3) is 0.500. The summed E-state index contributed by atoms with van der Waals surface area (Å²) in [7, 11) is 0. The Labute approximate surface area is 149 Å². The first-order valence-corrected chi connectivity index (χ1v) is 8.75. The van der Waals surface area contributed by atoms with Gasteiger partial charge in [-0.2, -0.15) is 0 Å². The SMILES string of the molecule is C[C@H](CC(=O)[C@H]1[C@@H](C)C=CCC1(C)C)NNC(=O)c1ccccc1O. The predicted octanol–water partition coefficient (Wildman–Crippen LogP) is 3.21. The standard InChI is InChI=1S/C20H28N2O3/c1-13-8-7-11-20(3,4)18(13)17(24)12-14(2)21-22-19(25)15-9-5-6-10-16(15)23/h5-10,13-14,18,21,23H,11-12H2,1-4H3,(H,22,25)/t13-,14+,18+/m0/s1. The maximum absolute atomic E-state index is 12.8. The van der Waals surface area contributed by atoms with Crippen molar-refractivity contribution in [2.24, 2.45) is 17.3 Å². The largest absolute Gasteiger partial charge is 0.507 e. The maximum Gasteiger partial charge on any atom is 0.269 e. The summed E-state index contributed by atoms with van der Waals surface area (Å²) in [5, 5.41) is 9.70. The summed E-state index contributed by atoms with van der Waals surface area (Å²) in [6.07, 6.45) is 5.52. The first-order valence-electron chi connectivity index (χ1n) is 8.75. The second-order valence-electron chi connectivity index (χ2n) is 7.64. The van der Waals surface area contributed by atoms with Crippen LogP contribution in [0.5, 0.6) is 5.75 Å². The number of hydrogen-bond acceptors (Lipinski definition) is 4. The van der Waals surface area contributed by atoms with E-state index in [4.69, 9.17) is 0 Å². The molecule has 3 atom stereocenters. The molecule has 1 aromatic carbocycles. The summed E-state index contributed by atoms with van der Waals surface area (Å²) in [6, 6.07) is 6.14. The number of allylic oxidation sites excluding steroid dienone is 2. The zero-order valence-corrected chi connectivity index (χ0v) is 15.4. The van der Waals surface area contributed by atoms with Crippen molar-refractivity contribution in [1.82, 2.24) is 10.9 Å². The van der Waals surface area contributed by atoms with Crippen molar-refractivity contribution >= 4 is 11.7 Å². The summed E-state index contributed by atoms with van der Waals surface area (Å²) >= 11 is 0. The van der Waals surface area contributed by atoms with Crippen LogP contribution in [0.25, 0.3) is 0 Å². The molecule has 25 heavy (non-hydrogen) atoms. The lowest BCUT2D eigenvalue weighted by atomic mass is 9.65. The third kappa shape index (κ3) is 4.69. The van der Waals surface area contributed by atoms with Crippen molar-refractivity contribution in [3.05, 3.63) is 42.0 Å². The van der Waals surface area contributed by atoms with Gasteiger partial charge in [0.25, 0.3) is 5.91 Å². The number of phenols is 1. The summed E-state index contributed by atoms with van der Waals surface area (Å²) in [5.74, 6) is -0.0876. The number of hydrogen-bond donors (Lipinski definition) is 3. The lowest BCUT2D eigenvalue weighted by Crippen LogP contribution is -2.46. The third-order valence-electron chi connectivity index (χ3n) is 4.89. The van der Waals surface area contributed by atoms with Crippen LogP contribution in [0.2, 0.25) is 0 Å². The minimum absolute atomic E-state index is 0.0179. The lowest BCUT2D eigenvalue weighted by Gasteiger charge is -2.39. The molecule has 0 bridgehead atoms. The van der Waals surface area contributed by atoms with Crippen molar-refractivity contribution in [2.45, 2.75) is 46.6 Å². The van der Waals surface area contributed by atoms with Crippen molar-refractivity contribution in [1.29, 1.82) is 0 Å². The van der Waals surface area contributed by atoms with Crippen LogP contribution < -0.4 is 10.9 Å². The molecule has 136 valence electrons. The molecule has 1 aliphatic rings. The number of ketones is 1. The van der Waals surface area contributed by atoms with Crippen molar-refractivity contribution < 1.29 is 14.7 Å². The first-order chi connectivity index (χ1) is 11.7. The fourth-order valence-electron chi connectivity index (χ4n) is 3.67. The monoisotopic (exact) mass is 344 g/mol. The Kier molecular flexibility index (Phi) is 6.01. The van der Waals surface area contributed by atoms with Gasteiger partial charge in [0, 0.05) is 18.4 Å². The number of carbonyl (C=O) groups is 2. The molecule has 1 amide bonds. The molecule has 0 heterocycles. The molecule has 1 aromatic rings. The molecule has 0 saturated heterocycles. The van der Waals surface area contributed by atoms with E-state index in [0.29, 0.717) is 6.42 Å². The molecule has 0 aromatic heterocycles. The van der Waals surface area contributed by atoms with Crippen LogP contribution in [0, 0.1) is 17.3 Å². The normalized spacial score (nSPS) is 23.0. The molecule has 3 N–H and O–H groups in total. The Morgan fingerprint density at radius 2 is 2.00 bits per heavy atom. The molecule has 0 saturated carbocycles. The summed E-state index contributed by atoms with van der Waals surface area (Å²) in [6.45, 7) is 8.21. The second-order valence-corrected chi connectivity index (χ2v) is 7.64. The molecule has 5 heteroatoms. The Balaban J connectivity index is 1.90. The Morgan fingerprint density at radius 3 is 2.64 bits per heavy atom. The van der Waals surface area contributed by atoms with Crippen molar-refractivity contribution in [3.8, 4) is 5.75 Å². The number of carbonyl (C=O) groups excluding carboxylic acids is 2. The second kappa shape index (κ2) is 7.83. The fourth-order valence-corrected chi connectivity index (χ4v) is 3.67.